The van der Waals surface area contributed by atoms with E-state index in [9.17, 15) is 0 Å². The number of hydrogen-bond donors (Lipinski definition) is 1. The Morgan fingerprint density at radius 1 is 1.17 bits per heavy atom. The van der Waals surface area contributed by atoms with Gasteiger partial charge in [-0.15, -0.1) is 0 Å². The quantitative estimate of drug-likeness (QED) is 0.883. The molecule has 3 heteroatoms. The first kappa shape index (κ1) is 12.2. The van der Waals surface area contributed by atoms with Crippen molar-refractivity contribution in [2.24, 2.45) is 11.1 Å². The van der Waals surface area contributed by atoms with Crippen LogP contribution in [0.3, 0.4) is 0 Å². The van der Waals surface area contributed by atoms with Crippen molar-refractivity contribution in [3.63, 3.8) is 0 Å². The third-order valence-corrected chi connectivity index (χ3v) is 4.30. The molecule has 2 aliphatic heterocycles. The maximum absolute atomic E-state index is 5.68. The summed E-state index contributed by atoms with van der Waals surface area (Å²) >= 11 is 0. The first-order chi connectivity index (χ1) is 8.80. The lowest BCUT2D eigenvalue weighted by Gasteiger charge is -2.52. The van der Waals surface area contributed by atoms with E-state index < -0.39 is 0 Å². The van der Waals surface area contributed by atoms with Crippen LogP contribution in [-0.2, 0) is 17.8 Å². The zero-order valence-corrected chi connectivity index (χ0v) is 10.9. The predicted molar refractivity (Wildman–Crippen MR) is 72.1 cm³/mol. The van der Waals surface area contributed by atoms with Gasteiger partial charge in [-0.05, 0) is 24.0 Å². The molecular weight excluding hydrogens is 224 g/mol. The lowest BCUT2D eigenvalue weighted by molar-refractivity contribution is -0.0839. The second-order valence-electron chi connectivity index (χ2n) is 5.78. The Balaban J connectivity index is 1.55. The summed E-state index contributed by atoms with van der Waals surface area (Å²) in [6, 6.07) is 8.64. The van der Waals surface area contributed by atoms with E-state index in [1.54, 1.807) is 0 Å². The highest BCUT2D eigenvalue weighted by atomic mass is 16.5. The molecule has 0 aromatic heterocycles. The van der Waals surface area contributed by atoms with E-state index in [0.717, 1.165) is 19.8 Å². The molecule has 98 valence electrons. The van der Waals surface area contributed by atoms with Crippen LogP contribution < -0.4 is 5.73 Å². The summed E-state index contributed by atoms with van der Waals surface area (Å²) in [5.74, 6) is 0. The van der Waals surface area contributed by atoms with Gasteiger partial charge in [0, 0.05) is 44.8 Å². The first-order valence-electron chi connectivity index (χ1n) is 6.88. The van der Waals surface area contributed by atoms with Crippen LogP contribution >= 0.6 is 0 Å². The number of hydrogen-bond acceptors (Lipinski definition) is 3. The number of nitrogens with two attached hydrogens (primary N) is 1. The van der Waals surface area contributed by atoms with Gasteiger partial charge in [-0.1, -0.05) is 24.3 Å². The summed E-state index contributed by atoms with van der Waals surface area (Å²) in [4.78, 5) is 2.54. The fourth-order valence-electron chi connectivity index (χ4n) is 3.25. The maximum atomic E-state index is 5.68. The van der Waals surface area contributed by atoms with Gasteiger partial charge in [0.1, 0.15) is 0 Å². The number of nitrogens with zero attached hydrogens (tertiary/aromatic N) is 1. The average Bonchev–Trinajstić information content (AvgIpc) is 2.38. The molecule has 1 spiro atoms. The van der Waals surface area contributed by atoms with Crippen LogP contribution in [0.1, 0.15) is 24.0 Å². The molecule has 2 heterocycles. The van der Waals surface area contributed by atoms with Crippen molar-refractivity contribution in [2.45, 2.75) is 25.9 Å². The van der Waals surface area contributed by atoms with E-state index in [0.29, 0.717) is 12.0 Å². The molecule has 1 aromatic rings. The summed E-state index contributed by atoms with van der Waals surface area (Å²) in [6.45, 7) is 6.09. The van der Waals surface area contributed by atoms with Gasteiger partial charge >= 0.3 is 0 Å². The zero-order chi connectivity index (χ0) is 12.4. The van der Waals surface area contributed by atoms with Crippen LogP contribution in [0.4, 0.5) is 0 Å². The van der Waals surface area contributed by atoms with Gasteiger partial charge < -0.3 is 10.5 Å². The number of rotatable bonds is 3. The van der Waals surface area contributed by atoms with Crippen molar-refractivity contribution >= 4 is 0 Å². The van der Waals surface area contributed by atoms with Crippen molar-refractivity contribution in [1.29, 1.82) is 0 Å². The van der Waals surface area contributed by atoms with Gasteiger partial charge in [0.2, 0.25) is 0 Å². The molecule has 0 aliphatic carbocycles. The van der Waals surface area contributed by atoms with Crippen LogP contribution in [0.2, 0.25) is 0 Å². The fraction of sp³-hybridized carbons (Fsp3) is 0.600. The Kier molecular flexibility index (Phi) is 3.37. The van der Waals surface area contributed by atoms with E-state index in [4.69, 9.17) is 10.5 Å². The normalized spacial score (nSPS) is 22.9. The molecule has 0 atom stereocenters. The van der Waals surface area contributed by atoms with Gasteiger partial charge in [0.15, 0.2) is 0 Å². The molecule has 1 aromatic carbocycles. The van der Waals surface area contributed by atoms with Crippen molar-refractivity contribution in [1.82, 2.24) is 4.90 Å². The number of benzene rings is 1. The standard InChI is InChI=1S/C15H22N2O/c16-9-13-2-1-3-14(8-13)10-17-11-15(12-17)4-6-18-7-5-15/h1-3,8H,4-7,9-12,16H2. The molecule has 3 rings (SSSR count). The summed E-state index contributed by atoms with van der Waals surface area (Å²) in [6.07, 6.45) is 2.48. The predicted octanol–water partition coefficient (Wildman–Crippen LogP) is 1.76. The summed E-state index contributed by atoms with van der Waals surface area (Å²) in [7, 11) is 0. The molecule has 0 amide bonds. The topological polar surface area (TPSA) is 38.5 Å². The second kappa shape index (κ2) is 5.00. The lowest BCUT2D eigenvalue weighted by atomic mass is 9.73. The Bertz CT molecular complexity index is 405. The van der Waals surface area contributed by atoms with Gasteiger partial charge in [-0.2, -0.15) is 0 Å². The van der Waals surface area contributed by atoms with Gasteiger partial charge in [-0.3, -0.25) is 4.90 Å². The monoisotopic (exact) mass is 246 g/mol. The first-order valence-corrected chi connectivity index (χ1v) is 6.88. The molecule has 2 saturated heterocycles. The molecule has 2 fully saturated rings. The van der Waals surface area contributed by atoms with E-state index in [2.05, 4.69) is 29.2 Å². The summed E-state index contributed by atoms with van der Waals surface area (Å²) in [5, 5.41) is 0. The third-order valence-electron chi connectivity index (χ3n) is 4.30. The Morgan fingerprint density at radius 3 is 2.61 bits per heavy atom. The lowest BCUT2D eigenvalue weighted by Crippen LogP contribution is -2.57. The Labute approximate surface area is 109 Å². The van der Waals surface area contributed by atoms with Crippen LogP contribution in [0.5, 0.6) is 0 Å². The van der Waals surface area contributed by atoms with Gasteiger partial charge in [0.25, 0.3) is 0 Å². The van der Waals surface area contributed by atoms with Gasteiger partial charge in [-0.25, -0.2) is 0 Å². The van der Waals surface area contributed by atoms with Gasteiger partial charge in [0.05, 0.1) is 0 Å². The van der Waals surface area contributed by atoms with E-state index >= 15 is 0 Å². The van der Waals surface area contributed by atoms with E-state index in [-0.39, 0.29) is 0 Å². The maximum Gasteiger partial charge on any atom is 0.0472 e. The highest BCUT2D eigenvalue weighted by molar-refractivity contribution is 5.23. The minimum Gasteiger partial charge on any atom is -0.381 e. The molecule has 0 saturated carbocycles. The Morgan fingerprint density at radius 2 is 1.89 bits per heavy atom. The van der Waals surface area contributed by atoms with Crippen molar-refractivity contribution in [3.8, 4) is 0 Å². The molecular formula is C15H22N2O. The molecule has 0 unspecified atom stereocenters. The fourth-order valence-corrected chi connectivity index (χ4v) is 3.25. The second-order valence-corrected chi connectivity index (χ2v) is 5.78. The summed E-state index contributed by atoms with van der Waals surface area (Å²) in [5.41, 5.74) is 8.87. The van der Waals surface area contributed by atoms with Crippen LogP contribution in [0.15, 0.2) is 24.3 Å². The molecule has 2 N–H and O–H groups in total. The molecule has 2 aliphatic rings. The summed E-state index contributed by atoms with van der Waals surface area (Å²) < 4.78 is 5.45. The smallest absolute Gasteiger partial charge is 0.0472 e. The van der Waals surface area contributed by atoms with Crippen molar-refractivity contribution < 1.29 is 4.74 Å². The zero-order valence-electron chi connectivity index (χ0n) is 10.9. The highest BCUT2D eigenvalue weighted by Crippen LogP contribution is 2.40. The minimum absolute atomic E-state index is 0.573. The molecule has 0 radical (unpaired) electrons. The minimum atomic E-state index is 0.573. The highest BCUT2D eigenvalue weighted by Gasteiger charge is 2.43. The molecule has 3 nitrogen and oxygen atoms in total. The SMILES string of the molecule is NCc1cccc(CN2CC3(CCOCC3)C2)c1. The third kappa shape index (κ3) is 2.44. The number of ether oxygens (including phenoxy) is 1. The van der Waals surface area contributed by atoms with Crippen molar-refractivity contribution in [2.75, 3.05) is 26.3 Å². The van der Waals surface area contributed by atoms with E-state index in [1.165, 1.54) is 37.1 Å². The van der Waals surface area contributed by atoms with E-state index in [1.807, 2.05) is 0 Å². The molecule has 0 bridgehead atoms. The van der Waals surface area contributed by atoms with Crippen LogP contribution in [-0.4, -0.2) is 31.2 Å². The van der Waals surface area contributed by atoms with Crippen molar-refractivity contribution in [3.05, 3.63) is 35.4 Å². The number of likely N-dealkylation sites (tertiary alicyclic amines) is 1. The molecule has 18 heavy (non-hydrogen) atoms. The largest absolute Gasteiger partial charge is 0.381 e. The Hall–Kier alpha value is -0.900. The average molecular weight is 246 g/mol. The van der Waals surface area contributed by atoms with Crippen LogP contribution in [0, 0.1) is 5.41 Å². The van der Waals surface area contributed by atoms with Crippen LogP contribution in [0.25, 0.3) is 0 Å².